The summed E-state index contributed by atoms with van der Waals surface area (Å²) in [6.07, 6.45) is 2.42. The Hall–Kier alpha value is -0.770. The van der Waals surface area contributed by atoms with Gasteiger partial charge >= 0.3 is 0 Å². The molecule has 0 amide bonds. The molecule has 1 fully saturated rings. The maximum atomic E-state index is 9.43. The first-order chi connectivity index (χ1) is 8.61. The lowest BCUT2D eigenvalue weighted by molar-refractivity contribution is 0.256. The molecule has 0 radical (unpaired) electrons. The summed E-state index contributed by atoms with van der Waals surface area (Å²) in [6.45, 7) is 2.10. The van der Waals surface area contributed by atoms with Crippen LogP contribution in [0.3, 0.4) is 0 Å². The molecule has 0 bridgehead atoms. The molecular formula is C14H21ClN2O. The Morgan fingerprint density at radius 1 is 1.44 bits per heavy atom. The minimum atomic E-state index is 0.0651. The Morgan fingerprint density at radius 3 is 2.89 bits per heavy atom. The summed E-state index contributed by atoms with van der Waals surface area (Å²) in [4.78, 5) is 4.61. The summed E-state index contributed by atoms with van der Waals surface area (Å²) in [6, 6.07) is 6.29. The van der Waals surface area contributed by atoms with Crippen LogP contribution in [0.5, 0.6) is 0 Å². The number of anilines is 1. The zero-order valence-electron chi connectivity index (χ0n) is 11.1. The number of likely N-dealkylation sites (N-methyl/N-ethyl adjacent to an activating group) is 1. The van der Waals surface area contributed by atoms with E-state index in [-0.39, 0.29) is 6.61 Å². The molecule has 3 nitrogen and oxygen atoms in total. The van der Waals surface area contributed by atoms with Crippen molar-refractivity contribution in [3.8, 4) is 0 Å². The van der Waals surface area contributed by atoms with Crippen LogP contribution in [-0.2, 0) is 6.61 Å². The normalized spacial score (nSPS) is 20.5. The Balaban J connectivity index is 2.22. The monoisotopic (exact) mass is 268 g/mol. The largest absolute Gasteiger partial charge is 0.392 e. The number of rotatable bonds is 3. The third-order valence-electron chi connectivity index (χ3n) is 3.69. The van der Waals surface area contributed by atoms with Crippen LogP contribution < -0.4 is 4.90 Å². The van der Waals surface area contributed by atoms with Gasteiger partial charge < -0.3 is 14.9 Å². The van der Waals surface area contributed by atoms with Gasteiger partial charge in [-0.2, -0.15) is 0 Å². The lowest BCUT2D eigenvalue weighted by atomic mass is 10.0. The molecule has 1 unspecified atom stereocenters. The summed E-state index contributed by atoms with van der Waals surface area (Å²) in [5.74, 6) is 0. The van der Waals surface area contributed by atoms with E-state index in [0.29, 0.717) is 6.04 Å². The van der Waals surface area contributed by atoms with Crippen molar-refractivity contribution in [2.75, 3.05) is 32.1 Å². The van der Waals surface area contributed by atoms with E-state index in [9.17, 15) is 5.11 Å². The number of piperidine rings is 1. The second kappa shape index (κ2) is 5.91. The smallest absolute Gasteiger partial charge is 0.0702 e. The van der Waals surface area contributed by atoms with E-state index in [2.05, 4.69) is 23.9 Å². The molecule has 100 valence electrons. The molecule has 1 heterocycles. The van der Waals surface area contributed by atoms with Gasteiger partial charge in [0.1, 0.15) is 0 Å². The van der Waals surface area contributed by atoms with E-state index in [4.69, 9.17) is 11.6 Å². The minimum absolute atomic E-state index is 0.0651. The van der Waals surface area contributed by atoms with Crippen LogP contribution >= 0.6 is 11.6 Å². The molecule has 1 aromatic carbocycles. The maximum absolute atomic E-state index is 9.43. The van der Waals surface area contributed by atoms with Gasteiger partial charge in [0, 0.05) is 35.4 Å². The van der Waals surface area contributed by atoms with Crippen LogP contribution in [0.15, 0.2) is 18.2 Å². The van der Waals surface area contributed by atoms with Crippen LogP contribution in [0.1, 0.15) is 18.4 Å². The quantitative estimate of drug-likeness (QED) is 0.912. The number of hydrogen-bond acceptors (Lipinski definition) is 3. The fraction of sp³-hybridized carbons (Fsp3) is 0.571. The molecule has 0 spiro atoms. The first-order valence-corrected chi connectivity index (χ1v) is 6.80. The number of halogens is 1. The highest BCUT2D eigenvalue weighted by Gasteiger charge is 2.23. The zero-order chi connectivity index (χ0) is 13.1. The molecule has 1 saturated heterocycles. The Kier molecular flexibility index (Phi) is 4.49. The van der Waals surface area contributed by atoms with Gasteiger partial charge in [0.25, 0.3) is 0 Å². The molecule has 4 heteroatoms. The predicted octanol–water partition coefficient (Wildman–Crippen LogP) is 2.36. The Morgan fingerprint density at radius 2 is 2.22 bits per heavy atom. The van der Waals surface area contributed by atoms with Gasteiger partial charge in [0.05, 0.1) is 6.61 Å². The molecule has 18 heavy (non-hydrogen) atoms. The molecule has 1 aromatic rings. The Labute approximate surface area is 114 Å². The van der Waals surface area contributed by atoms with Gasteiger partial charge in [-0.15, -0.1) is 0 Å². The van der Waals surface area contributed by atoms with E-state index in [1.54, 1.807) is 0 Å². The number of aliphatic hydroxyl groups is 1. The molecule has 2 rings (SSSR count). The first kappa shape index (κ1) is 13.7. The van der Waals surface area contributed by atoms with E-state index >= 15 is 0 Å². The zero-order valence-corrected chi connectivity index (χ0v) is 11.8. The van der Waals surface area contributed by atoms with Gasteiger partial charge in [0.2, 0.25) is 0 Å². The molecular weight excluding hydrogens is 248 g/mol. The number of hydrogen-bond donors (Lipinski definition) is 1. The second-order valence-electron chi connectivity index (χ2n) is 5.14. The lowest BCUT2D eigenvalue weighted by Gasteiger charge is -2.38. The molecule has 1 N–H and O–H groups in total. The number of nitrogens with zero attached hydrogens (tertiary/aromatic N) is 2. The van der Waals surface area contributed by atoms with Crippen LogP contribution in [0.25, 0.3) is 0 Å². The molecule has 0 aliphatic carbocycles. The van der Waals surface area contributed by atoms with Crippen LogP contribution in [0.4, 0.5) is 5.69 Å². The highest BCUT2D eigenvalue weighted by atomic mass is 35.5. The second-order valence-corrected chi connectivity index (χ2v) is 5.57. The van der Waals surface area contributed by atoms with Crippen molar-refractivity contribution in [2.24, 2.45) is 0 Å². The molecule has 1 atom stereocenters. The van der Waals surface area contributed by atoms with Crippen molar-refractivity contribution < 1.29 is 5.11 Å². The van der Waals surface area contributed by atoms with E-state index < -0.39 is 0 Å². The predicted molar refractivity (Wildman–Crippen MR) is 76.3 cm³/mol. The highest BCUT2D eigenvalue weighted by molar-refractivity contribution is 6.30. The van der Waals surface area contributed by atoms with E-state index in [1.165, 1.54) is 12.8 Å². The van der Waals surface area contributed by atoms with Crippen LogP contribution in [-0.4, -0.2) is 43.2 Å². The summed E-state index contributed by atoms with van der Waals surface area (Å²) in [5.41, 5.74) is 2.04. The van der Waals surface area contributed by atoms with Crippen molar-refractivity contribution in [3.63, 3.8) is 0 Å². The lowest BCUT2D eigenvalue weighted by Crippen LogP contribution is -2.45. The third kappa shape index (κ3) is 2.97. The SMILES string of the molecule is CN(C)C1CCCN(c2cc(Cl)ccc2CO)C1. The van der Waals surface area contributed by atoms with Gasteiger partial charge in [-0.05, 0) is 39.1 Å². The van der Waals surface area contributed by atoms with Crippen molar-refractivity contribution in [2.45, 2.75) is 25.5 Å². The van der Waals surface area contributed by atoms with Crippen LogP contribution in [0.2, 0.25) is 5.02 Å². The number of aliphatic hydroxyl groups excluding tert-OH is 1. The average Bonchev–Trinajstić information content (AvgIpc) is 2.39. The standard InChI is InChI=1S/C14H21ClN2O/c1-16(2)13-4-3-7-17(9-13)14-8-12(15)6-5-11(14)10-18/h5-6,8,13,18H,3-4,7,9-10H2,1-2H3. The van der Waals surface area contributed by atoms with Crippen molar-refractivity contribution >= 4 is 17.3 Å². The average molecular weight is 269 g/mol. The van der Waals surface area contributed by atoms with Gasteiger partial charge in [0.15, 0.2) is 0 Å². The van der Waals surface area contributed by atoms with Gasteiger partial charge in [-0.3, -0.25) is 0 Å². The molecule has 1 aliphatic heterocycles. The third-order valence-corrected chi connectivity index (χ3v) is 3.92. The van der Waals surface area contributed by atoms with Gasteiger partial charge in [-0.1, -0.05) is 17.7 Å². The van der Waals surface area contributed by atoms with Crippen molar-refractivity contribution in [3.05, 3.63) is 28.8 Å². The summed E-state index contributed by atoms with van der Waals surface area (Å²) < 4.78 is 0. The van der Waals surface area contributed by atoms with Crippen LogP contribution in [0, 0.1) is 0 Å². The summed E-state index contributed by atoms with van der Waals surface area (Å²) in [7, 11) is 4.25. The van der Waals surface area contributed by atoms with Crippen molar-refractivity contribution in [1.29, 1.82) is 0 Å². The number of benzene rings is 1. The fourth-order valence-electron chi connectivity index (χ4n) is 2.56. The molecule has 0 aromatic heterocycles. The molecule has 1 aliphatic rings. The van der Waals surface area contributed by atoms with E-state index in [0.717, 1.165) is 29.4 Å². The van der Waals surface area contributed by atoms with Gasteiger partial charge in [-0.25, -0.2) is 0 Å². The summed E-state index contributed by atoms with van der Waals surface area (Å²) in [5, 5.41) is 10.2. The first-order valence-electron chi connectivity index (χ1n) is 6.42. The Bertz CT molecular complexity index is 409. The molecule has 0 saturated carbocycles. The summed E-state index contributed by atoms with van der Waals surface area (Å²) >= 11 is 6.07. The maximum Gasteiger partial charge on any atom is 0.0702 e. The fourth-order valence-corrected chi connectivity index (χ4v) is 2.73. The highest BCUT2D eigenvalue weighted by Crippen LogP contribution is 2.28. The van der Waals surface area contributed by atoms with Crippen molar-refractivity contribution in [1.82, 2.24) is 4.90 Å². The van der Waals surface area contributed by atoms with E-state index in [1.807, 2.05) is 18.2 Å². The topological polar surface area (TPSA) is 26.7 Å². The minimum Gasteiger partial charge on any atom is -0.392 e.